The van der Waals surface area contributed by atoms with Crippen LogP contribution in [-0.4, -0.2) is 64.9 Å². The van der Waals surface area contributed by atoms with Gasteiger partial charge >= 0.3 is 19.8 Å². The summed E-state index contributed by atoms with van der Waals surface area (Å²) in [7, 11) is -4.76. The summed E-state index contributed by atoms with van der Waals surface area (Å²) >= 11 is 0. The summed E-state index contributed by atoms with van der Waals surface area (Å²) in [6, 6.07) is -1.56. The van der Waals surface area contributed by atoms with Crippen molar-refractivity contribution in [1.29, 1.82) is 0 Å². The summed E-state index contributed by atoms with van der Waals surface area (Å²) in [5.74, 6) is -2.44. The van der Waals surface area contributed by atoms with Crippen LogP contribution in [0.1, 0.15) is 136 Å². The van der Waals surface area contributed by atoms with Crippen molar-refractivity contribution in [2.24, 2.45) is 0 Å². The lowest BCUT2D eigenvalue weighted by atomic mass is 10.1. The van der Waals surface area contributed by atoms with Crippen molar-refractivity contribution in [3.05, 3.63) is 72.9 Å². The van der Waals surface area contributed by atoms with Gasteiger partial charge in [-0.2, -0.15) is 0 Å². The number of ether oxygens (including phenoxy) is 1. The Balaban J connectivity index is 4.00. The Labute approximate surface area is 319 Å². The van der Waals surface area contributed by atoms with Gasteiger partial charge in [-0.05, 0) is 77.0 Å². The number of phosphoric ester groups is 1. The maximum Gasteiger partial charge on any atom is 0.472 e. The number of aliphatic hydroxyl groups is 1. The normalized spacial score (nSPS) is 14.6. The summed E-state index contributed by atoms with van der Waals surface area (Å²) in [5, 5.41) is 21.7. The number of nitrogens with one attached hydrogen (secondary N) is 1. The third-order valence-electron chi connectivity index (χ3n) is 7.71. The zero-order chi connectivity index (χ0) is 39.3. The van der Waals surface area contributed by atoms with Gasteiger partial charge in [0.25, 0.3) is 0 Å². The molecule has 0 aliphatic heterocycles. The number of carboxylic acid groups (broad SMARTS) is 1. The number of aliphatic carboxylic acids is 1. The predicted octanol–water partition coefficient (Wildman–Crippen LogP) is 9.38. The van der Waals surface area contributed by atoms with Crippen molar-refractivity contribution in [2.45, 2.75) is 148 Å². The third-order valence-corrected chi connectivity index (χ3v) is 8.66. The molecule has 0 heterocycles. The maximum absolute atomic E-state index is 12.2. The monoisotopic (exact) mass is 765 g/mol. The Hall–Kier alpha value is -3.08. The third kappa shape index (κ3) is 35.7. The minimum Gasteiger partial charge on any atom is -0.480 e. The Bertz CT molecular complexity index is 1180. The zero-order valence-corrected chi connectivity index (χ0v) is 33.2. The Morgan fingerprint density at radius 2 is 1.09 bits per heavy atom. The van der Waals surface area contributed by atoms with E-state index in [4.69, 9.17) is 13.8 Å². The van der Waals surface area contributed by atoms with Crippen molar-refractivity contribution in [3.8, 4) is 0 Å². The molecule has 3 unspecified atom stereocenters. The van der Waals surface area contributed by atoms with Crippen molar-refractivity contribution >= 4 is 25.7 Å². The van der Waals surface area contributed by atoms with Gasteiger partial charge in [-0.1, -0.05) is 119 Å². The average molecular weight is 766 g/mol. The summed E-state index contributed by atoms with van der Waals surface area (Å²) in [5.41, 5.74) is 0. The first-order valence-corrected chi connectivity index (χ1v) is 21.0. The molecule has 53 heavy (non-hydrogen) atoms. The lowest BCUT2D eigenvalue weighted by Gasteiger charge is -2.18. The topological polar surface area (TPSA) is 169 Å². The number of esters is 1. The lowest BCUT2D eigenvalue weighted by Crippen LogP contribution is -2.43. The maximum atomic E-state index is 12.2. The standard InChI is InChI=1S/C41H68NO10P/c1-3-5-7-9-11-13-15-16-17-18-19-20-21-22-23-25-27-29-31-33-40(45)50-34-37(43)35-51-53(48,49)52-36-38(41(46)47)42-39(44)32-30-28-26-24-14-12-10-8-6-4-2/h5,7-8,10-11,13,16-17,19-20,22-23,37-38,43H,3-4,6,9,12,14-15,18,21,24-36H2,1-2H3,(H,42,44)(H,46,47)(H,48,49)/b7-5-,10-8-,13-11-,17-16-,20-19-,23-22-. The van der Waals surface area contributed by atoms with Crippen LogP contribution in [0.4, 0.5) is 0 Å². The van der Waals surface area contributed by atoms with E-state index in [1.807, 2.05) is 0 Å². The molecule has 3 atom stereocenters. The van der Waals surface area contributed by atoms with Gasteiger partial charge in [-0.3, -0.25) is 18.6 Å². The highest BCUT2D eigenvalue weighted by atomic mass is 31.2. The fourth-order valence-corrected chi connectivity index (χ4v) is 5.47. The second-order valence-electron chi connectivity index (χ2n) is 12.7. The van der Waals surface area contributed by atoms with Gasteiger partial charge in [0.1, 0.15) is 12.7 Å². The van der Waals surface area contributed by atoms with E-state index in [0.29, 0.717) is 12.8 Å². The van der Waals surface area contributed by atoms with E-state index in [1.165, 1.54) is 0 Å². The van der Waals surface area contributed by atoms with Crippen molar-refractivity contribution < 1.29 is 47.8 Å². The Morgan fingerprint density at radius 1 is 0.623 bits per heavy atom. The number of carbonyl (C=O) groups excluding carboxylic acids is 2. The Morgan fingerprint density at radius 3 is 1.68 bits per heavy atom. The van der Waals surface area contributed by atoms with Crippen molar-refractivity contribution in [1.82, 2.24) is 5.32 Å². The minimum absolute atomic E-state index is 0.128. The van der Waals surface area contributed by atoms with Gasteiger partial charge in [0, 0.05) is 12.8 Å². The molecule has 0 spiro atoms. The van der Waals surface area contributed by atoms with Crippen LogP contribution in [0.25, 0.3) is 0 Å². The number of allylic oxidation sites excluding steroid dienone is 12. The largest absolute Gasteiger partial charge is 0.480 e. The molecule has 0 radical (unpaired) electrons. The molecular formula is C41H68NO10P. The number of hydrogen-bond acceptors (Lipinski definition) is 8. The van der Waals surface area contributed by atoms with E-state index < -0.39 is 57.6 Å². The zero-order valence-electron chi connectivity index (χ0n) is 32.3. The molecule has 302 valence electrons. The highest BCUT2D eigenvalue weighted by Gasteiger charge is 2.28. The van der Waals surface area contributed by atoms with Crippen LogP contribution < -0.4 is 5.32 Å². The molecule has 0 aromatic heterocycles. The molecule has 12 heteroatoms. The molecule has 0 saturated heterocycles. The molecule has 0 fully saturated rings. The van der Waals surface area contributed by atoms with Crippen LogP contribution in [0.15, 0.2) is 72.9 Å². The second-order valence-corrected chi connectivity index (χ2v) is 14.2. The van der Waals surface area contributed by atoms with Crippen LogP contribution in [0, 0.1) is 0 Å². The van der Waals surface area contributed by atoms with E-state index in [0.717, 1.165) is 96.3 Å². The van der Waals surface area contributed by atoms with Gasteiger partial charge in [-0.15, -0.1) is 0 Å². The van der Waals surface area contributed by atoms with E-state index >= 15 is 0 Å². The highest BCUT2D eigenvalue weighted by Crippen LogP contribution is 2.43. The molecular weight excluding hydrogens is 697 g/mol. The van der Waals surface area contributed by atoms with Gasteiger partial charge in [-0.25, -0.2) is 9.36 Å². The molecule has 0 rings (SSSR count). The Kier molecular flexibility index (Phi) is 33.8. The fourth-order valence-electron chi connectivity index (χ4n) is 4.69. The van der Waals surface area contributed by atoms with Crippen LogP contribution in [0.3, 0.4) is 0 Å². The molecule has 0 aliphatic carbocycles. The molecule has 0 bridgehead atoms. The molecule has 11 nitrogen and oxygen atoms in total. The van der Waals surface area contributed by atoms with Gasteiger partial charge in [0.05, 0.1) is 13.2 Å². The molecule has 1 amide bonds. The summed E-state index contributed by atoms with van der Waals surface area (Å²) in [6.07, 6.45) is 40.9. The number of rotatable bonds is 35. The molecule has 0 aromatic rings. The van der Waals surface area contributed by atoms with E-state index in [1.54, 1.807) is 0 Å². The number of unbranched alkanes of at least 4 members (excludes halogenated alkanes) is 9. The molecule has 0 aliphatic rings. The van der Waals surface area contributed by atoms with Crippen LogP contribution in [-0.2, 0) is 32.7 Å². The first kappa shape index (κ1) is 49.9. The highest BCUT2D eigenvalue weighted by molar-refractivity contribution is 7.47. The van der Waals surface area contributed by atoms with Gasteiger partial charge < -0.3 is 25.2 Å². The van der Waals surface area contributed by atoms with E-state index in [9.17, 15) is 34.1 Å². The van der Waals surface area contributed by atoms with Crippen molar-refractivity contribution in [3.63, 3.8) is 0 Å². The molecule has 0 aromatic carbocycles. The smallest absolute Gasteiger partial charge is 0.472 e. The molecule has 0 saturated carbocycles. The number of aliphatic hydroxyl groups excluding tert-OH is 1. The van der Waals surface area contributed by atoms with Gasteiger partial charge in [0.15, 0.2) is 6.04 Å². The van der Waals surface area contributed by atoms with E-state index in [2.05, 4.69) is 92.1 Å². The number of amides is 1. The quantitative estimate of drug-likeness (QED) is 0.0211. The lowest BCUT2D eigenvalue weighted by molar-refractivity contribution is -0.147. The number of carboxylic acids is 1. The van der Waals surface area contributed by atoms with E-state index in [-0.39, 0.29) is 12.8 Å². The fraction of sp³-hybridized carbons (Fsp3) is 0.634. The first-order valence-electron chi connectivity index (χ1n) is 19.5. The first-order chi connectivity index (χ1) is 25.6. The minimum atomic E-state index is -4.76. The average Bonchev–Trinajstić information content (AvgIpc) is 3.13. The summed E-state index contributed by atoms with van der Waals surface area (Å²) in [4.78, 5) is 45.6. The SMILES string of the molecule is CC/C=C\C/C=C\C/C=C\C/C=C\C/C=C\CCCCCC(=O)OCC(O)COP(=O)(O)OCC(NC(=O)CCCCCCC/C=C\CCC)C(=O)O. The summed E-state index contributed by atoms with van der Waals surface area (Å²) in [6.45, 7) is 2.33. The second kappa shape index (κ2) is 35.9. The van der Waals surface area contributed by atoms with Gasteiger partial charge in [0.2, 0.25) is 5.91 Å². The number of hydrogen-bond donors (Lipinski definition) is 4. The van der Waals surface area contributed by atoms with Crippen LogP contribution >= 0.6 is 7.82 Å². The van der Waals surface area contributed by atoms with Crippen molar-refractivity contribution in [2.75, 3.05) is 19.8 Å². The van der Waals surface area contributed by atoms with Crippen LogP contribution in [0.2, 0.25) is 0 Å². The molecule has 4 N–H and O–H groups in total. The summed E-state index contributed by atoms with van der Waals surface area (Å²) < 4.78 is 26.7. The predicted molar refractivity (Wildman–Crippen MR) is 212 cm³/mol. The number of carbonyl (C=O) groups is 3. The number of phosphoric acid groups is 1. The van der Waals surface area contributed by atoms with Crippen LogP contribution in [0.5, 0.6) is 0 Å².